The predicted molar refractivity (Wildman–Crippen MR) is 71.1 cm³/mol. The topological polar surface area (TPSA) is 89.3 Å². The number of sulfone groups is 1. The molecule has 0 aliphatic heterocycles. The van der Waals surface area contributed by atoms with Crippen molar-refractivity contribution >= 4 is 21.4 Å². The summed E-state index contributed by atoms with van der Waals surface area (Å²) in [6.45, 7) is 3.33. The number of rotatable bonds is 5. The summed E-state index contributed by atoms with van der Waals surface area (Å²) in [6, 6.07) is 4.21. The molecule has 0 fully saturated rings. The molecule has 0 aliphatic carbocycles. The molecule has 1 amide bonds. The van der Waals surface area contributed by atoms with Crippen LogP contribution in [0.15, 0.2) is 29.2 Å². The van der Waals surface area contributed by atoms with E-state index in [4.69, 9.17) is 5.73 Å². The van der Waals surface area contributed by atoms with Gasteiger partial charge in [-0.1, -0.05) is 6.92 Å². The Labute approximate surface area is 116 Å². The lowest BCUT2D eigenvalue weighted by Crippen LogP contribution is -2.34. The Hall–Kier alpha value is -1.54. The zero-order valence-electron chi connectivity index (χ0n) is 11.0. The lowest BCUT2D eigenvalue weighted by Gasteiger charge is -2.15. The molecule has 0 saturated heterocycles. The molecule has 0 radical (unpaired) electrons. The van der Waals surface area contributed by atoms with Crippen LogP contribution < -0.4 is 11.1 Å². The van der Waals surface area contributed by atoms with Crippen LogP contribution in [0.2, 0.25) is 0 Å². The molecular weight excluding hydrogens is 290 g/mol. The Morgan fingerprint density at radius 3 is 2.10 bits per heavy atom. The van der Waals surface area contributed by atoms with Crippen molar-refractivity contribution in [2.75, 3.05) is 5.32 Å². The van der Waals surface area contributed by atoms with Crippen LogP contribution in [-0.2, 0) is 14.6 Å². The van der Waals surface area contributed by atoms with Gasteiger partial charge in [0.15, 0.2) is 0 Å². The van der Waals surface area contributed by atoms with Crippen molar-refractivity contribution in [3.05, 3.63) is 24.3 Å². The number of benzene rings is 1. The number of nitrogens with one attached hydrogen (secondary N) is 1. The SMILES string of the molecule is CC(N)C(C)C(=O)Nc1ccc(S(=O)(=O)C(F)F)cc1. The van der Waals surface area contributed by atoms with Gasteiger partial charge in [0.2, 0.25) is 15.7 Å². The molecule has 2 unspecified atom stereocenters. The van der Waals surface area contributed by atoms with Crippen LogP contribution in [0.3, 0.4) is 0 Å². The van der Waals surface area contributed by atoms with Crippen LogP contribution in [0, 0.1) is 5.92 Å². The fourth-order valence-corrected chi connectivity index (χ4v) is 2.05. The largest absolute Gasteiger partial charge is 0.341 e. The summed E-state index contributed by atoms with van der Waals surface area (Å²) in [5.41, 5.74) is 5.90. The average Bonchev–Trinajstić information content (AvgIpc) is 2.38. The molecular formula is C12H16F2N2O3S. The van der Waals surface area contributed by atoms with Gasteiger partial charge in [0.05, 0.1) is 10.8 Å². The van der Waals surface area contributed by atoms with Crippen molar-refractivity contribution in [1.82, 2.24) is 0 Å². The number of carbonyl (C=O) groups excluding carboxylic acids is 1. The van der Waals surface area contributed by atoms with Gasteiger partial charge in [-0.15, -0.1) is 0 Å². The molecule has 2 atom stereocenters. The van der Waals surface area contributed by atoms with E-state index in [0.717, 1.165) is 12.1 Å². The molecule has 3 N–H and O–H groups in total. The minimum atomic E-state index is -4.62. The van der Waals surface area contributed by atoms with E-state index in [1.807, 2.05) is 0 Å². The number of anilines is 1. The second kappa shape index (κ2) is 6.27. The molecule has 5 nitrogen and oxygen atoms in total. The Morgan fingerprint density at radius 1 is 1.20 bits per heavy atom. The van der Waals surface area contributed by atoms with E-state index in [9.17, 15) is 22.0 Å². The summed E-state index contributed by atoms with van der Waals surface area (Å²) in [4.78, 5) is 11.2. The summed E-state index contributed by atoms with van der Waals surface area (Å²) in [5, 5.41) is 2.53. The van der Waals surface area contributed by atoms with Crippen molar-refractivity contribution < 1.29 is 22.0 Å². The molecule has 0 spiro atoms. The van der Waals surface area contributed by atoms with E-state index in [-0.39, 0.29) is 11.9 Å². The van der Waals surface area contributed by atoms with Gasteiger partial charge < -0.3 is 11.1 Å². The molecule has 0 aliphatic rings. The molecule has 0 bridgehead atoms. The van der Waals surface area contributed by atoms with Crippen LogP contribution >= 0.6 is 0 Å². The maximum absolute atomic E-state index is 12.3. The standard InChI is InChI=1S/C12H16F2N2O3S/c1-7(8(2)15)11(17)16-9-3-5-10(6-4-9)20(18,19)12(13)14/h3-8,12H,15H2,1-2H3,(H,16,17). The van der Waals surface area contributed by atoms with Gasteiger partial charge in [-0.05, 0) is 31.2 Å². The fourth-order valence-electron chi connectivity index (χ4n) is 1.33. The van der Waals surface area contributed by atoms with Crippen LogP contribution in [0.1, 0.15) is 13.8 Å². The zero-order valence-corrected chi connectivity index (χ0v) is 11.8. The van der Waals surface area contributed by atoms with Gasteiger partial charge in [0, 0.05) is 11.7 Å². The Balaban J connectivity index is 2.86. The van der Waals surface area contributed by atoms with E-state index in [2.05, 4.69) is 5.32 Å². The third-order valence-electron chi connectivity index (χ3n) is 2.89. The predicted octanol–water partition coefficient (Wildman–Crippen LogP) is 1.60. The fraction of sp³-hybridized carbons (Fsp3) is 0.417. The Morgan fingerprint density at radius 2 is 1.70 bits per heavy atom. The molecule has 1 aromatic carbocycles. The minimum Gasteiger partial charge on any atom is -0.327 e. The van der Waals surface area contributed by atoms with E-state index in [0.29, 0.717) is 5.69 Å². The van der Waals surface area contributed by atoms with Crippen LogP contribution in [-0.4, -0.2) is 26.1 Å². The Bertz CT molecular complexity index is 571. The molecule has 1 rings (SSSR count). The summed E-state index contributed by atoms with van der Waals surface area (Å²) in [6.07, 6.45) is 0. The van der Waals surface area contributed by atoms with Crippen molar-refractivity contribution in [3.63, 3.8) is 0 Å². The van der Waals surface area contributed by atoms with E-state index >= 15 is 0 Å². The molecule has 0 heterocycles. The number of hydrogen-bond acceptors (Lipinski definition) is 4. The van der Waals surface area contributed by atoms with Gasteiger partial charge >= 0.3 is 5.76 Å². The highest BCUT2D eigenvalue weighted by molar-refractivity contribution is 7.91. The number of carbonyl (C=O) groups is 1. The number of amides is 1. The molecule has 0 saturated carbocycles. The summed E-state index contributed by atoms with van der Waals surface area (Å²) >= 11 is 0. The van der Waals surface area contributed by atoms with Crippen LogP contribution in [0.25, 0.3) is 0 Å². The smallest absolute Gasteiger partial charge is 0.327 e. The Kier molecular flexibility index (Phi) is 5.18. The highest BCUT2D eigenvalue weighted by Crippen LogP contribution is 2.20. The number of nitrogens with two attached hydrogens (primary N) is 1. The van der Waals surface area contributed by atoms with Gasteiger partial charge in [0.25, 0.3) is 0 Å². The van der Waals surface area contributed by atoms with Crippen LogP contribution in [0.5, 0.6) is 0 Å². The second-order valence-electron chi connectivity index (χ2n) is 4.47. The maximum atomic E-state index is 12.3. The van der Waals surface area contributed by atoms with Crippen molar-refractivity contribution in [3.8, 4) is 0 Å². The molecule has 112 valence electrons. The normalized spacial score (nSPS) is 14.9. The molecule has 8 heteroatoms. The maximum Gasteiger partial charge on any atom is 0.341 e. The number of hydrogen-bond donors (Lipinski definition) is 2. The highest BCUT2D eigenvalue weighted by atomic mass is 32.2. The van der Waals surface area contributed by atoms with Gasteiger partial charge in [-0.2, -0.15) is 8.78 Å². The van der Waals surface area contributed by atoms with Crippen molar-refractivity contribution in [1.29, 1.82) is 0 Å². The van der Waals surface area contributed by atoms with Gasteiger partial charge in [-0.25, -0.2) is 8.42 Å². The second-order valence-corrected chi connectivity index (χ2v) is 6.38. The third-order valence-corrected chi connectivity index (χ3v) is 4.29. The van der Waals surface area contributed by atoms with Gasteiger partial charge in [-0.3, -0.25) is 4.79 Å². The molecule has 20 heavy (non-hydrogen) atoms. The zero-order chi connectivity index (χ0) is 15.5. The summed E-state index contributed by atoms with van der Waals surface area (Å²) < 4.78 is 47.1. The number of halogens is 2. The van der Waals surface area contributed by atoms with E-state index in [1.165, 1.54) is 12.1 Å². The first-order valence-corrected chi connectivity index (χ1v) is 7.39. The first-order valence-electron chi connectivity index (χ1n) is 5.85. The average molecular weight is 306 g/mol. The highest BCUT2D eigenvalue weighted by Gasteiger charge is 2.26. The molecule has 1 aromatic rings. The number of alkyl halides is 2. The van der Waals surface area contributed by atoms with E-state index < -0.39 is 26.4 Å². The third kappa shape index (κ3) is 3.73. The summed E-state index contributed by atoms with van der Waals surface area (Å²) in [5.74, 6) is -4.23. The van der Waals surface area contributed by atoms with Crippen molar-refractivity contribution in [2.24, 2.45) is 11.7 Å². The minimum absolute atomic E-state index is 0.315. The van der Waals surface area contributed by atoms with E-state index in [1.54, 1.807) is 13.8 Å². The monoisotopic (exact) mass is 306 g/mol. The lowest BCUT2D eigenvalue weighted by atomic mass is 10.0. The first-order chi connectivity index (χ1) is 9.16. The summed E-state index contributed by atoms with van der Waals surface area (Å²) in [7, 11) is -4.62. The van der Waals surface area contributed by atoms with Crippen LogP contribution in [0.4, 0.5) is 14.5 Å². The first kappa shape index (κ1) is 16.5. The lowest BCUT2D eigenvalue weighted by molar-refractivity contribution is -0.119. The van der Waals surface area contributed by atoms with Crippen molar-refractivity contribution in [2.45, 2.75) is 30.5 Å². The van der Waals surface area contributed by atoms with Gasteiger partial charge in [0.1, 0.15) is 0 Å². The quantitative estimate of drug-likeness (QED) is 0.865. The molecule has 0 aromatic heterocycles.